The van der Waals surface area contributed by atoms with E-state index in [9.17, 15) is 4.79 Å². The van der Waals surface area contributed by atoms with Gasteiger partial charge in [0.2, 0.25) is 5.91 Å². The van der Waals surface area contributed by atoms with Crippen molar-refractivity contribution in [2.24, 2.45) is 5.73 Å². The maximum absolute atomic E-state index is 11.8. The zero-order valence-electron chi connectivity index (χ0n) is 18.0. The highest BCUT2D eigenvalue weighted by atomic mass is 32.2. The second-order valence-corrected chi connectivity index (χ2v) is 8.75. The summed E-state index contributed by atoms with van der Waals surface area (Å²) in [6.45, 7) is 6.32. The van der Waals surface area contributed by atoms with Gasteiger partial charge in [0.1, 0.15) is 5.82 Å². The predicted octanol–water partition coefficient (Wildman–Crippen LogP) is 5.33. The molecule has 0 radical (unpaired) electrons. The van der Waals surface area contributed by atoms with Crippen LogP contribution in [-0.2, 0) is 10.5 Å². The Labute approximate surface area is 183 Å². The summed E-state index contributed by atoms with van der Waals surface area (Å²) < 4.78 is 2.11. The topological polar surface area (TPSA) is 73.8 Å². The summed E-state index contributed by atoms with van der Waals surface area (Å²) in [5, 5.41) is 9.90. The lowest BCUT2D eigenvalue weighted by Gasteiger charge is -2.17. The quantitative estimate of drug-likeness (QED) is 0.448. The molecule has 0 fully saturated rings. The molecule has 3 aromatic rings. The van der Waals surface area contributed by atoms with E-state index < -0.39 is 0 Å². The first kappa shape index (κ1) is 22.1. The van der Waals surface area contributed by atoms with Crippen LogP contribution in [0.5, 0.6) is 0 Å². The average molecular weight is 423 g/mol. The third-order valence-electron chi connectivity index (χ3n) is 5.09. The van der Waals surface area contributed by atoms with Crippen LogP contribution in [0.15, 0.2) is 53.7 Å². The zero-order valence-corrected chi connectivity index (χ0v) is 18.8. The van der Waals surface area contributed by atoms with Crippen LogP contribution in [0.3, 0.4) is 0 Å². The van der Waals surface area contributed by atoms with E-state index in [-0.39, 0.29) is 18.2 Å². The summed E-state index contributed by atoms with van der Waals surface area (Å²) >= 11 is 1.66. The Balaban J connectivity index is 1.98. The van der Waals surface area contributed by atoms with Gasteiger partial charge in [-0.05, 0) is 43.5 Å². The normalized spacial score (nSPS) is 12.1. The second-order valence-electron chi connectivity index (χ2n) is 7.80. The van der Waals surface area contributed by atoms with Gasteiger partial charge in [-0.15, -0.1) is 10.2 Å². The molecule has 0 bridgehead atoms. The Morgan fingerprint density at radius 3 is 2.50 bits per heavy atom. The molecule has 0 aliphatic heterocycles. The third kappa shape index (κ3) is 5.72. The van der Waals surface area contributed by atoms with Crippen molar-refractivity contribution < 1.29 is 4.79 Å². The van der Waals surface area contributed by atoms with Gasteiger partial charge in [-0.1, -0.05) is 73.5 Å². The van der Waals surface area contributed by atoms with Gasteiger partial charge < -0.3 is 5.73 Å². The molecule has 1 heterocycles. The number of aryl methyl sites for hydroxylation is 2. The Morgan fingerprint density at radius 1 is 1.10 bits per heavy atom. The van der Waals surface area contributed by atoms with Crippen molar-refractivity contribution in [3.8, 4) is 5.69 Å². The van der Waals surface area contributed by atoms with Crippen molar-refractivity contribution >= 4 is 17.7 Å². The lowest BCUT2D eigenvalue weighted by Crippen LogP contribution is -2.18. The van der Waals surface area contributed by atoms with E-state index in [1.54, 1.807) is 11.8 Å². The van der Waals surface area contributed by atoms with Gasteiger partial charge in [-0.2, -0.15) is 0 Å². The molecule has 0 saturated heterocycles. The lowest BCUT2D eigenvalue weighted by molar-refractivity contribution is -0.118. The van der Waals surface area contributed by atoms with E-state index in [2.05, 4.69) is 78.0 Å². The maximum Gasteiger partial charge on any atom is 0.218 e. The minimum atomic E-state index is -0.302. The number of benzene rings is 2. The number of carbonyl (C=O) groups is 1. The second kappa shape index (κ2) is 10.4. The van der Waals surface area contributed by atoms with Crippen LogP contribution in [-0.4, -0.2) is 20.7 Å². The van der Waals surface area contributed by atoms with Crippen LogP contribution in [0.4, 0.5) is 0 Å². The van der Waals surface area contributed by atoms with Crippen molar-refractivity contribution in [3.05, 3.63) is 71.0 Å². The highest BCUT2D eigenvalue weighted by Crippen LogP contribution is 2.32. The number of unbranched alkanes of at least 4 members (excludes halogenated alkanes) is 1. The number of amides is 1. The number of primary amides is 1. The van der Waals surface area contributed by atoms with Gasteiger partial charge in [0, 0.05) is 23.8 Å². The minimum absolute atomic E-state index is 0.0382. The smallest absolute Gasteiger partial charge is 0.218 e. The Morgan fingerprint density at radius 2 is 1.83 bits per heavy atom. The van der Waals surface area contributed by atoms with E-state index in [1.807, 2.05) is 6.07 Å². The third-order valence-corrected chi connectivity index (χ3v) is 6.09. The van der Waals surface area contributed by atoms with E-state index in [0.29, 0.717) is 0 Å². The molecule has 1 atom stereocenters. The van der Waals surface area contributed by atoms with E-state index in [0.717, 1.165) is 41.7 Å². The van der Waals surface area contributed by atoms with Gasteiger partial charge in [0.05, 0.1) is 0 Å². The zero-order chi connectivity index (χ0) is 21.5. The van der Waals surface area contributed by atoms with E-state index in [1.165, 1.54) is 16.7 Å². The fourth-order valence-corrected chi connectivity index (χ4v) is 4.52. The van der Waals surface area contributed by atoms with Crippen LogP contribution in [0.25, 0.3) is 5.69 Å². The van der Waals surface area contributed by atoms with Crippen molar-refractivity contribution in [2.75, 3.05) is 0 Å². The number of rotatable bonds is 10. The molecule has 3 rings (SSSR count). The van der Waals surface area contributed by atoms with Crippen molar-refractivity contribution in [2.45, 2.75) is 63.3 Å². The number of nitrogens with two attached hydrogens (primary N) is 1. The fourth-order valence-electron chi connectivity index (χ4n) is 3.61. The van der Waals surface area contributed by atoms with Gasteiger partial charge in [-0.25, -0.2) is 0 Å². The van der Waals surface area contributed by atoms with Gasteiger partial charge in [0.15, 0.2) is 5.16 Å². The highest BCUT2D eigenvalue weighted by Gasteiger charge is 2.24. The maximum atomic E-state index is 11.8. The molecular formula is C24H30N4OS. The molecule has 158 valence electrons. The summed E-state index contributed by atoms with van der Waals surface area (Å²) in [6.07, 6.45) is 3.23. The summed E-state index contributed by atoms with van der Waals surface area (Å²) in [6, 6.07) is 16.8. The minimum Gasteiger partial charge on any atom is -0.370 e. The largest absolute Gasteiger partial charge is 0.370 e. The van der Waals surface area contributed by atoms with Crippen molar-refractivity contribution in [1.29, 1.82) is 0 Å². The van der Waals surface area contributed by atoms with E-state index in [4.69, 9.17) is 5.73 Å². The summed E-state index contributed by atoms with van der Waals surface area (Å²) in [5.41, 5.74) is 10.3. The molecule has 2 N–H and O–H groups in total. The monoisotopic (exact) mass is 422 g/mol. The molecule has 0 spiro atoms. The summed E-state index contributed by atoms with van der Waals surface area (Å²) in [5.74, 6) is 1.29. The Hall–Kier alpha value is -2.60. The van der Waals surface area contributed by atoms with Crippen molar-refractivity contribution in [1.82, 2.24) is 14.8 Å². The average Bonchev–Trinajstić information content (AvgIpc) is 3.13. The Kier molecular flexibility index (Phi) is 7.69. The summed E-state index contributed by atoms with van der Waals surface area (Å²) in [4.78, 5) is 11.8. The predicted molar refractivity (Wildman–Crippen MR) is 123 cm³/mol. The SMILES string of the molecule is CCCCC(CC(N)=O)c1nnc(SCc2cccc(C)c2)n1-c1cccc(C)c1. The Bertz CT molecular complexity index is 998. The molecule has 0 aliphatic carbocycles. The molecule has 0 aliphatic rings. The molecule has 30 heavy (non-hydrogen) atoms. The number of hydrogen-bond donors (Lipinski definition) is 1. The van der Waals surface area contributed by atoms with Gasteiger partial charge in [-0.3, -0.25) is 9.36 Å². The molecule has 2 aromatic carbocycles. The first-order chi connectivity index (χ1) is 14.5. The van der Waals surface area contributed by atoms with Crippen LogP contribution in [0, 0.1) is 13.8 Å². The molecule has 0 saturated carbocycles. The van der Waals surface area contributed by atoms with Crippen LogP contribution >= 0.6 is 11.8 Å². The first-order valence-corrected chi connectivity index (χ1v) is 11.5. The molecule has 1 amide bonds. The van der Waals surface area contributed by atoms with Crippen LogP contribution in [0.2, 0.25) is 0 Å². The first-order valence-electron chi connectivity index (χ1n) is 10.5. The van der Waals surface area contributed by atoms with Gasteiger partial charge in [0.25, 0.3) is 0 Å². The number of thioether (sulfide) groups is 1. The number of aromatic nitrogens is 3. The number of hydrogen-bond acceptors (Lipinski definition) is 4. The van der Waals surface area contributed by atoms with Crippen LogP contribution < -0.4 is 5.73 Å². The van der Waals surface area contributed by atoms with Gasteiger partial charge >= 0.3 is 0 Å². The summed E-state index contributed by atoms with van der Waals surface area (Å²) in [7, 11) is 0. The standard InChI is InChI=1S/C24H30N4OS/c1-4-5-11-20(15-22(25)29)23-26-27-24(28(23)21-12-7-9-18(3)14-21)30-16-19-10-6-8-17(2)13-19/h6-10,12-14,20H,4-5,11,15-16H2,1-3H3,(H2,25,29). The molecule has 1 unspecified atom stereocenters. The molecular weight excluding hydrogens is 392 g/mol. The number of nitrogens with zero attached hydrogens (tertiary/aromatic N) is 3. The molecule has 6 heteroatoms. The fraction of sp³-hybridized carbons (Fsp3) is 0.375. The molecule has 5 nitrogen and oxygen atoms in total. The lowest BCUT2D eigenvalue weighted by atomic mass is 9.97. The van der Waals surface area contributed by atoms with E-state index >= 15 is 0 Å². The van der Waals surface area contributed by atoms with Crippen LogP contribution in [0.1, 0.15) is 61.0 Å². The molecule has 1 aromatic heterocycles. The number of carbonyl (C=O) groups excluding carboxylic acids is 1. The highest BCUT2D eigenvalue weighted by molar-refractivity contribution is 7.98. The van der Waals surface area contributed by atoms with Crippen molar-refractivity contribution in [3.63, 3.8) is 0 Å².